The topological polar surface area (TPSA) is 39.6 Å². The van der Waals surface area contributed by atoms with E-state index < -0.39 is 6.10 Å². The van der Waals surface area contributed by atoms with Crippen LogP contribution in [0.25, 0.3) is 0 Å². The van der Waals surface area contributed by atoms with Gasteiger partial charge in [0.2, 0.25) is 0 Å². The molecule has 100 valence electrons. The van der Waals surface area contributed by atoms with Gasteiger partial charge in [0, 0.05) is 38.4 Å². The van der Waals surface area contributed by atoms with Gasteiger partial charge in [-0.1, -0.05) is 6.07 Å². The Morgan fingerprint density at radius 2 is 1.78 bits per heavy atom. The molecule has 0 aromatic carbocycles. The van der Waals surface area contributed by atoms with Gasteiger partial charge in [0.25, 0.3) is 0 Å². The van der Waals surface area contributed by atoms with Crippen LogP contribution in [0.1, 0.15) is 32.4 Å². The Kier molecular flexibility index (Phi) is 4.19. The second kappa shape index (κ2) is 5.67. The van der Waals surface area contributed by atoms with Gasteiger partial charge in [0.15, 0.2) is 0 Å². The number of hydrogen-bond donors (Lipinski definition) is 1. The molecule has 0 bridgehead atoms. The molecule has 2 rings (SSSR count). The number of aliphatic hydroxyl groups is 1. The molecule has 4 heteroatoms. The van der Waals surface area contributed by atoms with Crippen molar-refractivity contribution in [1.82, 2.24) is 9.88 Å². The van der Waals surface area contributed by atoms with Gasteiger partial charge >= 0.3 is 0 Å². The summed E-state index contributed by atoms with van der Waals surface area (Å²) in [6.45, 7) is 10.5. The summed E-state index contributed by atoms with van der Waals surface area (Å²) in [6.07, 6.45) is 1.33. The third kappa shape index (κ3) is 3.00. The fourth-order valence-corrected chi connectivity index (χ4v) is 2.30. The summed E-state index contributed by atoms with van der Waals surface area (Å²) in [5, 5.41) is 9.46. The molecule has 1 unspecified atom stereocenters. The molecular formula is C14H23N3O. The van der Waals surface area contributed by atoms with Crippen molar-refractivity contribution in [2.45, 2.75) is 32.9 Å². The highest BCUT2D eigenvalue weighted by Crippen LogP contribution is 2.17. The standard InChI is InChI=1S/C14H23N3O/c1-11(2)16-6-8-17(9-7-16)14-5-4-13(10-15-14)12(3)18/h4-5,10-12,18H,6-9H2,1-3H3. The lowest BCUT2D eigenvalue weighted by Crippen LogP contribution is -2.49. The Bertz CT molecular complexity index is 367. The lowest BCUT2D eigenvalue weighted by molar-refractivity contribution is 0.198. The highest BCUT2D eigenvalue weighted by atomic mass is 16.3. The van der Waals surface area contributed by atoms with E-state index in [9.17, 15) is 5.11 Å². The zero-order valence-corrected chi connectivity index (χ0v) is 11.5. The summed E-state index contributed by atoms with van der Waals surface area (Å²) in [7, 11) is 0. The molecule has 0 aliphatic carbocycles. The smallest absolute Gasteiger partial charge is 0.128 e. The van der Waals surface area contributed by atoms with Crippen molar-refractivity contribution in [3.05, 3.63) is 23.9 Å². The summed E-state index contributed by atoms with van der Waals surface area (Å²) in [5.41, 5.74) is 0.875. The normalized spacial score (nSPS) is 19.3. The maximum atomic E-state index is 9.46. The van der Waals surface area contributed by atoms with E-state index in [1.165, 1.54) is 0 Å². The van der Waals surface area contributed by atoms with Crippen LogP contribution in [0.5, 0.6) is 0 Å². The van der Waals surface area contributed by atoms with Crippen molar-refractivity contribution in [3.63, 3.8) is 0 Å². The van der Waals surface area contributed by atoms with Crippen molar-refractivity contribution in [2.75, 3.05) is 31.1 Å². The molecule has 1 atom stereocenters. The number of aromatic nitrogens is 1. The SMILES string of the molecule is CC(O)c1ccc(N2CCN(C(C)C)CC2)nc1. The molecule has 1 aromatic rings. The lowest BCUT2D eigenvalue weighted by atomic mass is 10.2. The Labute approximate surface area is 109 Å². The van der Waals surface area contributed by atoms with Crippen LogP contribution in [0.3, 0.4) is 0 Å². The van der Waals surface area contributed by atoms with Crippen molar-refractivity contribution in [1.29, 1.82) is 0 Å². The third-order valence-electron chi connectivity index (χ3n) is 3.62. The van der Waals surface area contributed by atoms with Gasteiger partial charge in [-0.05, 0) is 32.4 Å². The first-order valence-electron chi connectivity index (χ1n) is 6.71. The lowest BCUT2D eigenvalue weighted by Gasteiger charge is -2.37. The van der Waals surface area contributed by atoms with Gasteiger partial charge in [-0.3, -0.25) is 4.90 Å². The molecular weight excluding hydrogens is 226 g/mol. The Morgan fingerprint density at radius 1 is 1.11 bits per heavy atom. The van der Waals surface area contributed by atoms with Gasteiger partial charge in [0.05, 0.1) is 6.10 Å². The van der Waals surface area contributed by atoms with E-state index in [1.807, 2.05) is 12.1 Å². The molecule has 1 aliphatic rings. The molecule has 1 aliphatic heterocycles. The van der Waals surface area contributed by atoms with Crippen LogP contribution in [-0.2, 0) is 0 Å². The molecule has 0 radical (unpaired) electrons. The molecule has 0 saturated carbocycles. The number of pyridine rings is 1. The Morgan fingerprint density at radius 3 is 2.22 bits per heavy atom. The average Bonchev–Trinajstić information content (AvgIpc) is 2.39. The number of anilines is 1. The molecule has 18 heavy (non-hydrogen) atoms. The predicted molar refractivity (Wildman–Crippen MR) is 73.8 cm³/mol. The van der Waals surface area contributed by atoms with Gasteiger partial charge in [-0.2, -0.15) is 0 Å². The first-order chi connectivity index (χ1) is 8.58. The summed E-state index contributed by atoms with van der Waals surface area (Å²) >= 11 is 0. The monoisotopic (exact) mass is 249 g/mol. The third-order valence-corrected chi connectivity index (χ3v) is 3.62. The summed E-state index contributed by atoms with van der Waals surface area (Å²) in [6, 6.07) is 4.59. The first kappa shape index (κ1) is 13.3. The van der Waals surface area contributed by atoms with E-state index >= 15 is 0 Å². The van der Waals surface area contributed by atoms with Crippen molar-refractivity contribution in [3.8, 4) is 0 Å². The van der Waals surface area contributed by atoms with Crippen molar-refractivity contribution >= 4 is 5.82 Å². The van der Waals surface area contributed by atoms with Crippen LogP contribution in [-0.4, -0.2) is 47.2 Å². The molecule has 1 fully saturated rings. The van der Waals surface area contributed by atoms with Crippen LogP contribution < -0.4 is 4.90 Å². The molecule has 2 heterocycles. The van der Waals surface area contributed by atoms with Crippen LogP contribution in [0.15, 0.2) is 18.3 Å². The van der Waals surface area contributed by atoms with Crippen molar-refractivity contribution in [2.24, 2.45) is 0 Å². The minimum Gasteiger partial charge on any atom is -0.389 e. The maximum absolute atomic E-state index is 9.46. The highest BCUT2D eigenvalue weighted by molar-refractivity contribution is 5.40. The van der Waals surface area contributed by atoms with Gasteiger partial charge in [-0.25, -0.2) is 4.98 Å². The Balaban J connectivity index is 1.97. The molecule has 0 amide bonds. The number of hydrogen-bond acceptors (Lipinski definition) is 4. The second-order valence-electron chi connectivity index (χ2n) is 5.24. The fraction of sp³-hybridized carbons (Fsp3) is 0.643. The molecule has 4 nitrogen and oxygen atoms in total. The summed E-state index contributed by atoms with van der Waals surface area (Å²) < 4.78 is 0. The first-order valence-corrected chi connectivity index (χ1v) is 6.71. The van der Waals surface area contributed by atoms with Crippen LogP contribution in [0.4, 0.5) is 5.82 Å². The number of aliphatic hydroxyl groups excluding tert-OH is 1. The molecule has 0 spiro atoms. The fourth-order valence-electron chi connectivity index (χ4n) is 2.30. The highest BCUT2D eigenvalue weighted by Gasteiger charge is 2.19. The van der Waals surface area contributed by atoms with E-state index in [4.69, 9.17) is 0 Å². The van der Waals surface area contributed by atoms with Crippen molar-refractivity contribution < 1.29 is 5.11 Å². The van der Waals surface area contributed by atoms with Gasteiger partial charge < -0.3 is 10.0 Å². The summed E-state index contributed by atoms with van der Waals surface area (Å²) in [5.74, 6) is 1.02. The van der Waals surface area contributed by atoms with E-state index in [0.717, 1.165) is 37.6 Å². The predicted octanol–water partition coefficient (Wildman–Crippen LogP) is 1.67. The van der Waals surface area contributed by atoms with Crippen LogP contribution in [0, 0.1) is 0 Å². The Hall–Kier alpha value is -1.13. The quantitative estimate of drug-likeness (QED) is 0.884. The van der Waals surface area contributed by atoms with Gasteiger partial charge in [0.1, 0.15) is 5.82 Å². The molecule has 1 aromatic heterocycles. The minimum atomic E-state index is -0.440. The number of nitrogens with zero attached hydrogens (tertiary/aromatic N) is 3. The van der Waals surface area contributed by atoms with E-state index in [2.05, 4.69) is 28.6 Å². The maximum Gasteiger partial charge on any atom is 0.128 e. The number of rotatable bonds is 3. The zero-order chi connectivity index (χ0) is 13.1. The van der Waals surface area contributed by atoms with E-state index in [0.29, 0.717) is 6.04 Å². The average molecular weight is 249 g/mol. The zero-order valence-electron chi connectivity index (χ0n) is 11.5. The summed E-state index contributed by atoms with van der Waals surface area (Å²) in [4.78, 5) is 9.24. The van der Waals surface area contributed by atoms with Gasteiger partial charge in [-0.15, -0.1) is 0 Å². The second-order valence-corrected chi connectivity index (χ2v) is 5.24. The number of piperazine rings is 1. The van der Waals surface area contributed by atoms with E-state index in [1.54, 1.807) is 13.1 Å². The molecule has 1 saturated heterocycles. The van der Waals surface area contributed by atoms with E-state index in [-0.39, 0.29) is 0 Å². The largest absolute Gasteiger partial charge is 0.389 e. The van der Waals surface area contributed by atoms with Crippen LogP contribution >= 0.6 is 0 Å². The van der Waals surface area contributed by atoms with Crippen LogP contribution in [0.2, 0.25) is 0 Å². The molecule has 1 N–H and O–H groups in total. The minimum absolute atomic E-state index is 0.440.